The van der Waals surface area contributed by atoms with Crippen LogP contribution in [0.4, 0.5) is 52.2 Å². The monoisotopic (exact) mass is 1150 g/mol. The molecule has 0 spiro atoms. The van der Waals surface area contributed by atoms with Crippen molar-refractivity contribution >= 4 is 127 Å². The van der Waals surface area contributed by atoms with E-state index in [-0.39, 0.29) is 188 Å². The van der Waals surface area contributed by atoms with Gasteiger partial charge in [0.05, 0.1) is 53.5 Å². The van der Waals surface area contributed by atoms with Crippen LogP contribution in [0.15, 0.2) is 68.1 Å². The van der Waals surface area contributed by atoms with Crippen LogP contribution in [-0.2, 0) is 40.5 Å². The van der Waals surface area contributed by atoms with Crippen LogP contribution in [0.1, 0.15) is 48.5 Å². The summed E-state index contributed by atoms with van der Waals surface area (Å²) in [5, 5.41) is 12.6. The minimum Gasteiger partial charge on any atom is -0.744 e. The van der Waals surface area contributed by atoms with Crippen molar-refractivity contribution in [1.82, 2.24) is 29.9 Å². The molecule has 1 aliphatic rings. The second-order valence-corrected chi connectivity index (χ2v) is 20.5. The van der Waals surface area contributed by atoms with Crippen LogP contribution in [0.5, 0.6) is 0 Å². The Hall–Kier alpha value is -2.74. The Balaban J connectivity index is 0.00000352. The first kappa shape index (κ1) is 64.5. The van der Waals surface area contributed by atoms with Crippen LogP contribution in [0.3, 0.4) is 0 Å². The van der Waals surface area contributed by atoms with Gasteiger partial charge in [-0.1, -0.05) is 24.3 Å². The van der Waals surface area contributed by atoms with E-state index in [0.29, 0.717) is 18.2 Å². The molecule has 26 nitrogen and oxygen atoms in total. The molecule has 0 atom stereocenters. The Morgan fingerprint density at radius 2 is 0.973 bits per heavy atom. The molecule has 0 bridgehead atoms. The van der Waals surface area contributed by atoms with Gasteiger partial charge in [0, 0.05) is 29.9 Å². The molecule has 1 aliphatic carbocycles. The van der Waals surface area contributed by atoms with E-state index in [4.69, 9.17) is 28.9 Å². The molecule has 7 rings (SSSR count). The van der Waals surface area contributed by atoms with E-state index in [1.54, 1.807) is 0 Å². The van der Waals surface area contributed by atoms with Gasteiger partial charge in [0.25, 0.3) is 0 Å². The summed E-state index contributed by atoms with van der Waals surface area (Å²) >= 11 is 12.2. The average Bonchev–Trinajstić information content (AvgIpc) is 3.23. The van der Waals surface area contributed by atoms with Gasteiger partial charge in [-0.15, -0.1) is 0 Å². The molecule has 0 unspecified atom stereocenters. The number of carbonyl (C=O) groups is 2. The Kier molecular flexibility index (Phi) is 21.9. The Bertz CT molecular complexity index is 3700. The van der Waals surface area contributed by atoms with Gasteiger partial charge in [-0.25, -0.2) is 33.7 Å². The van der Waals surface area contributed by atoms with Gasteiger partial charge >= 0.3 is 118 Å². The van der Waals surface area contributed by atoms with Crippen LogP contribution in [0.2, 0.25) is 10.6 Å². The fourth-order valence-corrected chi connectivity index (χ4v) is 10.2. The first-order valence-electron chi connectivity index (χ1n) is 18.9. The average molecular weight is 1160 g/mol. The molecular formula is C37H28Cl2N12Na4O14S4. The molecule has 0 radical (unpaired) electrons. The maximum absolute atomic E-state index is 14.0. The molecule has 0 fully saturated rings. The quantitative estimate of drug-likeness (QED) is 0.0240. The Morgan fingerprint density at radius 3 is 1.44 bits per heavy atom. The summed E-state index contributed by atoms with van der Waals surface area (Å²) in [7, 11) is -21.0. The van der Waals surface area contributed by atoms with Gasteiger partial charge in [0.1, 0.15) is 40.5 Å². The normalized spacial score (nSPS) is 12.1. The molecule has 2 heterocycles. The minimum absolute atomic E-state index is 0. The van der Waals surface area contributed by atoms with Gasteiger partial charge in [-0.3, -0.25) is 9.59 Å². The standard InChI is InChI=1S/C37H32Cl2N12O14S4.4Na/c1-14-27(43-21-13-23(68(60,61)62)26(40)25-24(21)29(52)18-6-4-5-7-19(18)30(25)53)15(2)31(69(63,64)65)16(3)28(14)45-37-49-33(39)47-35(51-37)42-11-10-41-34-46-32(38)48-36(50-34)44-20-12-17(66(54,55)56)8-9-22(20)67(57,58)59;;;;/h4-9,12-13,43H,10-11,40H2,1-3H3,(H,54,55,56)(H,57,58,59)(H,60,61,62)(H,63,64,65)(H2,41,44,46,48,50)(H2,42,45,47,49,51);;;;/q;4*+1/p-4. The molecule has 7 N–H and O–H groups in total. The molecule has 6 aromatic rings. The van der Waals surface area contributed by atoms with Crippen LogP contribution < -0.4 is 151 Å². The molecule has 0 aliphatic heterocycles. The second-order valence-electron chi connectivity index (χ2n) is 14.5. The smallest absolute Gasteiger partial charge is 0.744 e. The number of halogens is 2. The van der Waals surface area contributed by atoms with E-state index in [0.717, 1.165) is 6.07 Å². The number of nitrogen functional groups attached to an aromatic ring is 1. The molecule has 4 aromatic carbocycles. The Morgan fingerprint density at radius 1 is 0.521 bits per heavy atom. The first-order valence-corrected chi connectivity index (χ1v) is 25.3. The molecular weight excluding hydrogens is 1130 g/mol. The van der Waals surface area contributed by atoms with Crippen LogP contribution in [0.25, 0.3) is 0 Å². The molecule has 2 aromatic heterocycles. The minimum atomic E-state index is -5.41. The van der Waals surface area contributed by atoms with Crippen LogP contribution >= 0.6 is 23.2 Å². The summed E-state index contributed by atoms with van der Waals surface area (Å²) in [4.78, 5) is 48.0. The van der Waals surface area contributed by atoms with Crippen molar-refractivity contribution < 1.29 is 180 Å². The molecule has 73 heavy (non-hydrogen) atoms. The van der Waals surface area contributed by atoms with E-state index in [9.17, 15) is 61.5 Å². The van der Waals surface area contributed by atoms with E-state index in [2.05, 4.69) is 56.5 Å². The number of anilines is 9. The van der Waals surface area contributed by atoms with Gasteiger partial charge < -0.3 is 50.5 Å². The molecule has 0 amide bonds. The SMILES string of the molecule is Cc1c(Nc2nc(Cl)nc(NCCNc3nc(Cl)nc(Nc4cc(S(=O)(=O)[O-])ccc4S(=O)(=O)[O-])n3)n2)c(C)c(S(=O)(=O)[O-])c(C)c1Nc1cc(S(=O)(=O)[O-])c(N)c2c1C(=O)c1ccccc1C2=O.[Na+].[Na+].[Na+].[Na+]. The number of carbonyl (C=O) groups excluding carboxylic acids is 2. The number of nitrogens with two attached hydrogens (primary N) is 1. The number of ketones is 2. The van der Waals surface area contributed by atoms with Crippen LogP contribution in [-0.4, -0.2) is 106 Å². The summed E-state index contributed by atoms with van der Waals surface area (Å²) in [6, 6.07) is 8.14. The zero-order valence-corrected chi connectivity index (χ0v) is 51.7. The van der Waals surface area contributed by atoms with E-state index in [1.807, 2.05) is 0 Å². The van der Waals surface area contributed by atoms with Crippen molar-refractivity contribution in [3.63, 3.8) is 0 Å². The van der Waals surface area contributed by atoms with Crippen LogP contribution in [0, 0.1) is 20.8 Å². The predicted molar refractivity (Wildman–Crippen MR) is 240 cm³/mol. The van der Waals surface area contributed by atoms with Gasteiger partial charge in [0.15, 0.2) is 11.6 Å². The zero-order valence-electron chi connectivity index (χ0n) is 38.9. The molecule has 36 heteroatoms. The molecule has 0 saturated carbocycles. The molecule has 0 saturated heterocycles. The summed E-state index contributed by atoms with van der Waals surface area (Å²) in [5.41, 5.74) is 2.38. The van der Waals surface area contributed by atoms with Gasteiger partial charge in [-0.05, 0) is 84.9 Å². The fraction of sp³-hybridized carbons (Fsp3) is 0.135. The largest absolute Gasteiger partial charge is 1.00 e. The summed E-state index contributed by atoms with van der Waals surface area (Å²) in [5.74, 6) is -2.90. The van der Waals surface area contributed by atoms with E-state index >= 15 is 0 Å². The fourth-order valence-electron chi connectivity index (χ4n) is 7.21. The number of hydrogen-bond donors (Lipinski definition) is 6. The third kappa shape index (κ3) is 14.3. The summed E-state index contributed by atoms with van der Waals surface area (Å²) in [6.45, 7) is 3.85. The predicted octanol–water partition coefficient (Wildman–Crippen LogP) is -8.97. The third-order valence-corrected chi connectivity index (χ3v) is 14.1. The van der Waals surface area contributed by atoms with Crippen molar-refractivity contribution in [2.24, 2.45) is 0 Å². The zero-order chi connectivity index (χ0) is 50.7. The van der Waals surface area contributed by atoms with Crippen molar-refractivity contribution in [1.29, 1.82) is 0 Å². The van der Waals surface area contributed by atoms with Gasteiger partial charge in [-0.2, -0.15) is 29.9 Å². The van der Waals surface area contributed by atoms with Crippen molar-refractivity contribution in [2.45, 2.75) is 40.4 Å². The molecule has 362 valence electrons. The number of aromatic nitrogens is 6. The number of rotatable bonds is 15. The number of fused-ring (bicyclic) bond motifs is 2. The maximum Gasteiger partial charge on any atom is 1.00 e. The maximum atomic E-state index is 14.0. The van der Waals surface area contributed by atoms with Gasteiger partial charge in [0.2, 0.25) is 34.4 Å². The number of nitrogens with one attached hydrogen (secondary N) is 5. The first-order chi connectivity index (χ1) is 32.0. The number of hydrogen-bond acceptors (Lipinski definition) is 26. The summed E-state index contributed by atoms with van der Waals surface area (Å²) < 4.78 is 146. The van der Waals surface area contributed by atoms with Crippen molar-refractivity contribution in [3.8, 4) is 0 Å². The van der Waals surface area contributed by atoms with E-state index < -0.39 is 116 Å². The third-order valence-electron chi connectivity index (χ3n) is 10.1. The van der Waals surface area contributed by atoms with E-state index in [1.165, 1.54) is 45.0 Å². The number of nitrogens with zero attached hydrogens (tertiary/aromatic N) is 6. The second kappa shape index (κ2) is 24.7. The Labute approximate surface area is 514 Å². The topological polar surface area (TPSA) is 426 Å². The van der Waals surface area contributed by atoms with Crippen molar-refractivity contribution in [2.75, 3.05) is 45.4 Å². The number of benzene rings is 4. The summed E-state index contributed by atoms with van der Waals surface area (Å²) in [6.07, 6.45) is 0. The van der Waals surface area contributed by atoms with Crippen molar-refractivity contribution in [3.05, 3.63) is 98.0 Å².